The van der Waals surface area contributed by atoms with Crippen molar-refractivity contribution in [3.8, 4) is 0 Å². The van der Waals surface area contributed by atoms with E-state index in [1.165, 1.54) is 0 Å². The summed E-state index contributed by atoms with van der Waals surface area (Å²) in [6, 6.07) is -0.520. The lowest BCUT2D eigenvalue weighted by molar-refractivity contribution is -0.145. The van der Waals surface area contributed by atoms with E-state index in [4.69, 9.17) is 9.84 Å². The van der Waals surface area contributed by atoms with Gasteiger partial charge in [-0.1, -0.05) is 0 Å². The quantitative estimate of drug-likeness (QED) is 0.826. The van der Waals surface area contributed by atoms with Crippen molar-refractivity contribution < 1.29 is 32.6 Å². The topological polar surface area (TPSA) is 81.4 Å². The van der Waals surface area contributed by atoms with Gasteiger partial charge in [0.1, 0.15) is 5.56 Å². The summed E-state index contributed by atoms with van der Waals surface area (Å²) in [4.78, 5) is 22.5. The van der Waals surface area contributed by atoms with Crippen molar-refractivity contribution in [2.75, 3.05) is 6.61 Å². The Morgan fingerprint density at radius 1 is 1.33 bits per heavy atom. The summed E-state index contributed by atoms with van der Waals surface area (Å²) >= 11 is 0. The number of alkyl halides is 3. The van der Waals surface area contributed by atoms with Crippen LogP contribution in [0.25, 0.3) is 0 Å². The Morgan fingerprint density at radius 2 is 1.96 bits per heavy atom. The molecule has 0 unspecified atom stereocenters. The lowest BCUT2D eigenvalue weighted by Gasteiger charge is -2.29. The van der Waals surface area contributed by atoms with Crippen molar-refractivity contribution in [2.24, 2.45) is 5.92 Å². The molecule has 0 radical (unpaired) electrons. The van der Waals surface area contributed by atoms with Gasteiger partial charge >= 0.3 is 18.1 Å². The van der Waals surface area contributed by atoms with Gasteiger partial charge in [0.25, 0.3) is 0 Å². The first-order valence-corrected chi connectivity index (χ1v) is 7.77. The molecule has 0 aliphatic heterocycles. The highest BCUT2D eigenvalue weighted by Crippen LogP contribution is 2.39. The molecule has 1 N–H and O–H groups in total. The van der Waals surface area contributed by atoms with Gasteiger partial charge in [0.15, 0.2) is 5.69 Å². The minimum absolute atomic E-state index is 0.0733. The maximum atomic E-state index is 13.2. The predicted molar refractivity (Wildman–Crippen MR) is 76.4 cm³/mol. The highest BCUT2D eigenvalue weighted by Gasteiger charge is 2.42. The molecule has 0 bridgehead atoms. The minimum atomic E-state index is -4.79. The van der Waals surface area contributed by atoms with E-state index >= 15 is 0 Å². The lowest BCUT2D eigenvalue weighted by atomic mass is 9.84. The molecule has 1 heterocycles. The van der Waals surface area contributed by atoms with Crippen LogP contribution in [0.1, 0.15) is 61.1 Å². The molecule has 1 aliphatic rings. The summed E-state index contributed by atoms with van der Waals surface area (Å²) in [5.74, 6) is -1.88. The number of carboxylic acid groups (broad SMARTS) is 1. The molecule has 1 aromatic heterocycles. The highest BCUT2D eigenvalue weighted by atomic mass is 19.4. The van der Waals surface area contributed by atoms with Crippen LogP contribution in [-0.2, 0) is 15.7 Å². The van der Waals surface area contributed by atoms with Gasteiger partial charge in [-0.25, -0.2) is 4.79 Å². The monoisotopic (exact) mass is 348 g/mol. The van der Waals surface area contributed by atoms with E-state index in [2.05, 4.69) is 5.10 Å². The van der Waals surface area contributed by atoms with Gasteiger partial charge in [0.2, 0.25) is 0 Å². The van der Waals surface area contributed by atoms with E-state index in [0.29, 0.717) is 32.3 Å². The smallest absolute Gasteiger partial charge is 0.433 e. The molecule has 1 fully saturated rings. The summed E-state index contributed by atoms with van der Waals surface area (Å²) in [5.41, 5.74) is -2.06. The molecule has 0 aromatic carbocycles. The maximum Gasteiger partial charge on any atom is 0.433 e. The summed E-state index contributed by atoms with van der Waals surface area (Å²) in [7, 11) is 0. The Morgan fingerprint density at radius 3 is 2.46 bits per heavy atom. The normalized spacial score (nSPS) is 21.5. The van der Waals surface area contributed by atoms with Crippen LogP contribution in [0.4, 0.5) is 13.2 Å². The first kappa shape index (κ1) is 18.3. The molecule has 0 saturated heterocycles. The van der Waals surface area contributed by atoms with E-state index in [0.717, 1.165) is 10.9 Å². The first-order chi connectivity index (χ1) is 11.2. The number of rotatable bonds is 5. The number of hydrogen-bond donors (Lipinski definition) is 1. The number of aromatic carboxylic acids is 1. The number of aromatic nitrogens is 2. The number of ether oxygens (including phenoxy) is 1. The third kappa shape index (κ3) is 4.07. The maximum absolute atomic E-state index is 13.2. The number of hydrogen-bond acceptors (Lipinski definition) is 4. The molecule has 6 nitrogen and oxygen atoms in total. The average molecular weight is 348 g/mol. The summed E-state index contributed by atoms with van der Waals surface area (Å²) in [6.45, 7) is 2.01. The average Bonchev–Trinajstić information content (AvgIpc) is 2.93. The number of esters is 1. The van der Waals surface area contributed by atoms with Gasteiger partial charge in [-0.3, -0.25) is 9.48 Å². The number of carboxylic acids is 1. The SMILES string of the molecule is CCOC(=O)CC1CCC(n2ncc(C(=O)O)c2C(F)(F)F)CC1. The second-order valence-corrected chi connectivity index (χ2v) is 5.84. The Kier molecular flexibility index (Phi) is 5.51. The van der Waals surface area contributed by atoms with E-state index in [9.17, 15) is 22.8 Å². The minimum Gasteiger partial charge on any atom is -0.478 e. The van der Waals surface area contributed by atoms with Gasteiger partial charge in [-0.2, -0.15) is 18.3 Å². The molecule has 134 valence electrons. The van der Waals surface area contributed by atoms with Crippen LogP contribution in [0.15, 0.2) is 6.20 Å². The van der Waals surface area contributed by atoms with Crippen LogP contribution in [-0.4, -0.2) is 33.4 Å². The van der Waals surface area contributed by atoms with Crippen LogP contribution in [0.5, 0.6) is 0 Å². The molecule has 0 amide bonds. The van der Waals surface area contributed by atoms with E-state index in [1.807, 2.05) is 0 Å². The second kappa shape index (κ2) is 7.23. The largest absolute Gasteiger partial charge is 0.478 e. The van der Waals surface area contributed by atoms with Crippen LogP contribution in [0.2, 0.25) is 0 Å². The fraction of sp³-hybridized carbons (Fsp3) is 0.667. The fourth-order valence-corrected chi connectivity index (χ4v) is 3.13. The Bertz CT molecular complexity index is 604. The van der Waals surface area contributed by atoms with Gasteiger partial charge in [-0.15, -0.1) is 0 Å². The first-order valence-electron chi connectivity index (χ1n) is 7.77. The zero-order chi connectivity index (χ0) is 17.9. The molecular formula is C15H19F3N2O4. The van der Waals surface area contributed by atoms with E-state index < -0.39 is 29.4 Å². The standard InChI is InChI=1S/C15H19F3N2O4/c1-2-24-12(21)7-9-3-5-10(6-4-9)20-13(15(16,17)18)11(8-19-20)14(22)23/h8-10H,2-7H2,1H3,(H,22,23). The predicted octanol–water partition coefficient (Wildman–Crippen LogP) is 3.28. The zero-order valence-corrected chi connectivity index (χ0v) is 13.2. The Labute approximate surface area is 136 Å². The molecule has 9 heteroatoms. The molecule has 2 rings (SSSR count). The molecule has 24 heavy (non-hydrogen) atoms. The van der Waals surface area contributed by atoms with Gasteiger partial charge < -0.3 is 9.84 Å². The van der Waals surface area contributed by atoms with Crippen molar-refractivity contribution in [2.45, 2.75) is 51.2 Å². The van der Waals surface area contributed by atoms with Crippen molar-refractivity contribution >= 4 is 11.9 Å². The molecule has 1 saturated carbocycles. The van der Waals surface area contributed by atoms with Gasteiger partial charge in [-0.05, 0) is 38.5 Å². The van der Waals surface area contributed by atoms with Crippen molar-refractivity contribution in [1.82, 2.24) is 9.78 Å². The fourth-order valence-electron chi connectivity index (χ4n) is 3.13. The molecular weight excluding hydrogens is 329 g/mol. The van der Waals surface area contributed by atoms with Crippen LogP contribution < -0.4 is 0 Å². The van der Waals surface area contributed by atoms with E-state index in [-0.39, 0.29) is 18.3 Å². The van der Waals surface area contributed by atoms with Crippen molar-refractivity contribution in [1.29, 1.82) is 0 Å². The molecule has 0 spiro atoms. The van der Waals surface area contributed by atoms with Crippen molar-refractivity contribution in [3.05, 3.63) is 17.5 Å². The van der Waals surface area contributed by atoms with Crippen molar-refractivity contribution in [3.63, 3.8) is 0 Å². The third-order valence-electron chi connectivity index (χ3n) is 4.22. The zero-order valence-electron chi connectivity index (χ0n) is 13.2. The Hall–Kier alpha value is -2.06. The van der Waals surface area contributed by atoms with Gasteiger partial charge in [0, 0.05) is 6.42 Å². The summed E-state index contributed by atoms with van der Waals surface area (Å²) < 4.78 is 45.3. The summed E-state index contributed by atoms with van der Waals surface area (Å²) in [5, 5.41) is 12.6. The van der Waals surface area contributed by atoms with E-state index in [1.54, 1.807) is 6.92 Å². The summed E-state index contributed by atoms with van der Waals surface area (Å²) in [6.07, 6.45) is -1.82. The number of carbonyl (C=O) groups excluding carboxylic acids is 1. The van der Waals surface area contributed by atoms with Crippen LogP contribution in [0.3, 0.4) is 0 Å². The molecule has 1 aromatic rings. The Balaban J connectivity index is 2.09. The lowest BCUT2D eigenvalue weighted by Crippen LogP contribution is -2.26. The van der Waals surface area contributed by atoms with Gasteiger partial charge in [0.05, 0.1) is 18.8 Å². The highest BCUT2D eigenvalue weighted by molar-refractivity contribution is 5.88. The molecule has 1 aliphatic carbocycles. The number of nitrogens with zero attached hydrogens (tertiary/aromatic N) is 2. The number of carbonyl (C=O) groups is 2. The third-order valence-corrected chi connectivity index (χ3v) is 4.22. The van der Waals surface area contributed by atoms with Crippen LogP contribution >= 0.6 is 0 Å². The van der Waals surface area contributed by atoms with Crippen LogP contribution in [0, 0.1) is 5.92 Å². The number of halogens is 3. The molecule has 0 atom stereocenters. The second-order valence-electron chi connectivity index (χ2n) is 5.84.